The van der Waals surface area contributed by atoms with Crippen LogP contribution in [0.4, 0.5) is 4.79 Å². The van der Waals surface area contributed by atoms with E-state index in [-0.39, 0.29) is 30.4 Å². The minimum absolute atomic E-state index is 0.0111. The number of cyclic esters (lactones) is 1. The first-order valence-electron chi connectivity index (χ1n) is 22.9. The topological polar surface area (TPSA) is 238 Å². The first kappa shape index (κ1) is 56.2. The van der Waals surface area contributed by atoms with E-state index in [4.69, 9.17) is 48.4 Å². The summed E-state index contributed by atoms with van der Waals surface area (Å²) in [7, 11) is 2.78. The highest BCUT2D eigenvalue weighted by atomic mass is 16.7. The Hall–Kier alpha value is -4.10. The molecule has 0 aromatic rings. The number of carbonyl (C=O) groups is 4. The van der Waals surface area contributed by atoms with Crippen molar-refractivity contribution in [3.05, 3.63) is 59.4 Å². The molecule has 0 unspecified atom stereocenters. The van der Waals surface area contributed by atoms with Crippen LogP contribution in [0, 0.1) is 35.5 Å². The summed E-state index contributed by atoms with van der Waals surface area (Å²) in [5.41, 5.74) is 6.82. The van der Waals surface area contributed by atoms with Gasteiger partial charge in [-0.25, -0.2) is 9.59 Å². The van der Waals surface area contributed by atoms with Gasteiger partial charge in [0.25, 0.3) is 0 Å². The molecule has 2 fully saturated rings. The van der Waals surface area contributed by atoms with Gasteiger partial charge in [-0.15, -0.1) is 0 Å². The minimum atomic E-state index is -2.01. The molecule has 374 valence electrons. The molecule has 0 aromatic heterocycles. The van der Waals surface area contributed by atoms with Gasteiger partial charge in [0.15, 0.2) is 18.2 Å². The fourth-order valence-electron chi connectivity index (χ4n) is 9.35. The molecule has 0 bridgehead atoms. The molecule has 3 rings (SSSR count). The van der Waals surface area contributed by atoms with E-state index in [0.29, 0.717) is 12.0 Å². The maximum absolute atomic E-state index is 14.0. The Kier molecular flexibility index (Phi) is 21.6. The number of aliphatic hydroxyl groups is 3. The Morgan fingerprint density at radius 3 is 2.20 bits per heavy atom. The second-order valence-corrected chi connectivity index (χ2v) is 18.4. The third-order valence-electron chi connectivity index (χ3n) is 13.0. The average Bonchev–Trinajstić information content (AvgIpc) is 3.23. The molecule has 3 aliphatic rings. The van der Waals surface area contributed by atoms with Crippen molar-refractivity contribution < 1.29 is 77.1 Å². The van der Waals surface area contributed by atoms with Gasteiger partial charge in [-0.3, -0.25) is 9.59 Å². The van der Waals surface area contributed by atoms with E-state index in [1.165, 1.54) is 34.1 Å². The Balaban J connectivity index is 2.04. The van der Waals surface area contributed by atoms with E-state index < -0.39 is 121 Å². The number of allylic oxidation sites excluding steroid dienone is 6. The van der Waals surface area contributed by atoms with Crippen LogP contribution in [0.3, 0.4) is 0 Å². The van der Waals surface area contributed by atoms with Crippen LogP contribution in [0.5, 0.6) is 0 Å². The summed E-state index contributed by atoms with van der Waals surface area (Å²) in [6.45, 7) is 20.6. The van der Waals surface area contributed by atoms with E-state index in [9.17, 15) is 34.5 Å². The number of aliphatic hydroxyl groups excluding tert-OH is 2. The lowest BCUT2D eigenvalue weighted by Crippen LogP contribution is -2.59. The summed E-state index contributed by atoms with van der Waals surface area (Å²) in [4.78, 5) is 50.0. The molecule has 17 nitrogen and oxygen atoms in total. The molecular weight excluding hydrogens is 859 g/mol. The molecule has 18 atom stereocenters. The zero-order valence-electron chi connectivity index (χ0n) is 41.2. The fraction of sp³-hybridized carbons (Fsp3) is 0.714. The lowest BCUT2D eigenvalue weighted by Gasteiger charge is -2.50. The molecule has 0 saturated carbocycles. The summed E-state index contributed by atoms with van der Waals surface area (Å²) < 4.78 is 53.2. The number of carbonyl (C=O) groups excluding carboxylic acids is 4. The molecule has 17 heteroatoms. The van der Waals surface area contributed by atoms with E-state index in [1.807, 2.05) is 47.6 Å². The first-order valence-corrected chi connectivity index (χ1v) is 22.9. The predicted molar refractivity (Wildman–Crippen MR) is 243 cm³/mol. The van der Waals surface area contributed by atoms with Gasteiger partial charge in [-0.05, 0) is 46.1 Å². The molecule has 3 heterocycles. The third-order valence-corrected chi connectivity index (χ3v) is 13.0. The Labute approximate surface area is 390 Å². The van der Waals surface area contributed by atoms with E-state index in [2.05, 4.69) is 0 Å². The maximum Gasteiger partial charge on any atom is 0.404 e. The van der Waals surface area contributed by atoms with Crippen LogP contribution in [0.1, 0.15) is 102 Å². The van der Waals surface area contributed by atoms with Crippen LogP contribution in [0.15, 0.2) is 59.4 Å². The molecular formula is C49H77NO16. The van der Waals surface area contributed by atoms with Crippen molar-refractivity contribution in [2.45, 2.75) is 175 Å². The molecule has 0 aromatic carbocycles. The minimum Gasteiger partial charge on any atom is -0.490 e. The highest BCUT2D eigenvalue weighted by molar-refractivity contribution is 5.87. The van der Waals surface area contributed by atoms with Crippen molar-refractivity contribution in [1.29, 1.82) is 0 Å². The summed E-state index contributed by atoms with van der Waals surface area (Å²) in [6, 6.07) is 0. The normalized spacial score (nSPS) is 39.7. The summed E-state index contributed by atoms with van der Waals surface area (Å²) in [5.74, 6) is -7.38. The number of methoxy groups -OCH3 is 2. The van der Waals surface area contributed by atoms with Gasteiger partial charge in [0, 0.05) is 63.4 Å². The first-order chi connectivity index (χ1) is 30.9. The van der Waals surface area contributed by atoms with Gasteiger partial charge in [0.1, 0.15) is 24.4 Å². The number of hydrogen-bond donors (Lipinski definition) is 4. The smallest absolute Gasteiger partial charge is 0.404 e. The van der Waals surface area contributed by atoms with Gasteiger partial charge in [0.05, 0.1) is 37.6 Å². The van der Waals surface area contributed by atoms with Crippen LogP contribution in [-0.4, -0.2) is 127 Å². The Bertz CT molecular complexity index is 1790. The van der Waals surface area contributed by atoms with Crippen LogP contribution >= 0.6 is 0 Å². The number of ether oxygens (including phenoxy) is 9. The molecule has 1 amide bonds. The van der Waals surface area contributed by atoms with Crippen molar-refractivity contribution in [2.24, 2.45) is 41.2 Å². The van der Waals surface area contributed by atoms with Crippen molar-refractivity contribution in [3.63, 3.8) is 0 Å². The summed E-state index contributed by atoms with van der Waals surface area (Å²) in [6.07, 6.45) is 1.45. The van der Waals surface area contributed by atoms with Gasteiger partial charge < -0.3 is 63.7 Å². The van der Waals surface area contributed by atoms with Gasteiger partial charge in [-0.1, -0.05) is 89.1 Å². The zero-order chi connectivity index (χ0) is 49.8. The second-order valence-electron chi connectivity index (χ2n) is 18.4. The number of primary amides is 1. The summed E-state index contributed by atoms with van der Waals surface area (Å²) in [5, 5.41) is 36.2. The molecule has 0 aliphatic carbocycles. The van der Waals surface area contributed by atoms with E-state index in [0.717, 1.165) is 5.57 Å². The average molecular weight is 936 g/mol. The fourth-order valence-corrected chi connectivity index (χ4v) is 9.35. The van der Waals surface area contributed by atoms with Crippen molar-refractivity contribution in [3.8, 4) is 0 Å². The lowest BCUT2D eigenvalue weighted by molar-refractivity contribution is -0.339. The van der Waals surface area contributed by atoms with Crippen LogP contribution < -0.4 is 5.73 Å². The highest BCUT2D eigenvalue weighted by Gasteiger charge is 2.53. The third kappa shape index (κ3) is 15.2. The van der Waals surface area contributed by atoms with Crippen molar-refractivity contribution in [2.75, 3.05) is 14.2 Å². The van der Waals surface area contributed by atoms with Crippen molar-refractivity contribution in [1.82, 2.24) is 0 Å². The van der Waals surface area contributed by atoms with Gasteiger partial charge in [-0.2, -0.15) is 0 Å². The van der Waals surface area contributed by atoms with Crippen LogP contribution in [0.25, 0.3) is 0 Å². The number of nitrogens with two attached hydrogens (primary N) is 1. The van der Waals surface area contributed by atoms with Crippen molar-refractivity contribution >= 4 is 24.0 Å². The lowest BCUT2D eigenvalue weighted by atomic mass is 9.77. The highest BCUT2D eigenvalue weighted by Crippen LogP contribution is 2.42. The number of hydrogen-bond acceptors (Lipinski definition) is 16. The number of amides is 1. The standard InChI is InChI=1S/C49H77NO16/c1-15-17-36-29(6)40(63-41-23-38(61-34(11)51)46(33(10)60-41)65-48(50)56)24-49(57,66-36)32(9)43(54)31(8)45-37(58-13)19-16-18-25(2)20-28(5)44(62-35(12)52)30(7)42(53)27(4)21-26(3)22-39(59-14)47(55)64-45/h15-19,21-22,27-33,36-38,40-46,53-54,57H,20,23-24H2,1-14H3,(H2,50,56)/b17-15+,19-16+,25-18+,26-21+,39-22-/t27-,28-,29-,30-,31+,32+,33-,36-,37+,38-,40-,41+,42-,43-,44+,45-,46-,49-/m1/s1. The zero-order valence-corrected chi connectivity index (χ0v) is 41.2. The van der Waals surface area contributed by atoms with Crippen LogP contribution in [0.2, 0.25) is 0 Å². The molecule has 0 radical (unpaired) electrons. The number of rotatable bonds is 12. The maximum atomic E-state index is 14.0. The molecule has 2 saturated heterocycles. The monoisotopic (exact) mass is 936 g/mol. The number of esters is 3. The van der Waals surface area contributed by atoms with E-state index >= 15 is 0 Å². The Morgan fingerprint density at radius 1 is 0.970 bits per heavy atom. The Morgan fingerprint density at radius 2 is 1.62 bits per heavy atom. The quantitative estimate of drug-likeness (QED) is 0.104. The van der Waals surface area contributed by atoms with Gasteiger partial charge >= 0.3 is 24.0 Å². The molecule has 0 spiro atoms. The predicted octanol–water partition coefficient (Wildman–Crippen LogP) is 5.74. The molecule has 3 aliphatic heterocycles. The molecule has 5 N–H and O–H groups in total. The molecule has 66 heavy (non-hydrogen) atoms. The summed E-state index contributed by atoms with van der Waals surface area (Å²) >= 11 is 0. The van der Waals surface area contributed by atoms with Crippen LogP contribution in [-0.2, 0) is 57.0 Å². The van der Waals surface area contributed by atoms with Gasteiger partial charge in [0.2, 0.25) is 5.76 Å². The SMILES string of the molecule is C/C=C/[C@H]1O[C@@](O)([C@@H](C)[C@H](O)[C@H](C)[C@H]2OC(=O)/C(OC)=C/C(C)=C/[C@@H](C)[C@@H](O)[C@@H](C)[C@@H](OC(C)=O)[C@H](C)C/C(C)=C/C=C/[C@@H]2OC)C[C@@H](O[C@H]2C[C@@H](OC(C)=O)[C@H](OC(N)=O)[C@@H](C)O2)[C@@H]1C. The van der Waals surface area contributed by atoms with E-state index in [1.54, 1.807) is 58.1 Å². The largest absolute Gasteiger partial charge is 0.490 e. The second kappa shape index (κ2) is 25.3.